The van der Waals surface area contributed by atoms with Gasteiger partial charge in [-0.25, -0.2) is 4.98 Å². The van der Waals surface area contributed by atoms with Gasteiger partial charge in [-0.05, 0) is 25.8 Å². The molecule has 0 fully saturated rings. The van der Waals surface area contributed by atoms with E-state index in [1.165, 1.54) is 11.1 Å². The van der Waals surface area contributed by atoms with Gasteiger partial charge in [0.15, 0.2) is 0 Å². The molecule has 0 amide bonds. The smallest absolute Gasteiger partial charge is 0.147 e. The maximum absolute atomic E-state index is 4.25. The van der Waals surface area contributed by atoms with E-state index in [9.17, 15) is 0 Å². The third-order valence-electron chi connectivity index (χ3n) is 2.67. The average molecular weight is 227 g/mol. The molecule has 0 radical (unpaired) electrons. The van der Waals surface area contributed by atoms with Crippen LogP contribution in [0.15, 0.2) is 36.7 Å². The van der Waals surface area contributed by atoms with E-state index in [0.29, 0.717) is 0 Å². The molecule has 88 valence electrons. The van der Waals surface area contributed by atoms with Crippen molar-refractivity contribution < 1.29 is 0 Å². The predicted molar refractivity (Wildman–Crippen MR) is 70.1 cm³/mol. The van der Waals surface area contributed by atoms with Crippen LogP contribution in [0.4, 0.5) is 5.82 Å². The summed E-state index contributed by atoms with van der Waals surface area (Å²) in [7, 11) is 0. The van der Waals surface area contributed by atoms with Gasteiger partial charge in [-0.15, -0.1) is 0 Å². The van der Waals surface area contributed by atoms with Crippen molar-refractivity contribution in [3.05, 3.63) is 53.5 Å². The van der Waals surface area contributed by atoms with Gasteiger partial charge in [0, 0.05) is 18.9 Å². The Morgan fingerprint density at radius 1 is 1.12 bits per heavy atom. The molecule has 1 heterocycles. The van der Waals surface area contributed by atoms with E-state index in [1.807, 2.05) is 6.92 Å². The number of aryl methyl sites for hydroxylation is 2. The first-order chi connectivity index (χ1) is 8.25. The van der Waals surface area contributed by atoms with E-state index >= 15 is 0 Å². The summed E-state index contributed by atoms with van der Waals surface area (Å²) >= 11 is 0. The SMILES string of the molecule is Cc1cccc(CCNc2nccnc2C)c1. The van der Waals surface area contributed by atoms with Gasteiger partial charge < -0.3 is 5.32 Å². The minimum atomic E-state index is 0.875. The molecule has 0 aliphatic rings. The maximum atomic E-state index is 4.25. The van der Waals surface area contributed by atoms with Crippen molar-refractivity contribution in [2.24, 2.45) is 0 Å². The minimum absolute atomic E-state index is 0.875. The number of nitrogens with zero attached hydrogens (tertiary/aromatic N) is 2. The van der Waals surface area contributed by atoms with Crippen LogP contribution in [-0.4, -0.2) is 16.5 Å². The monoisotopic (exact) mass is 227 g/mol. The van der Waals surface area contributed by atoms with Crippen LogP contribution in [0.2, 0.25) is 0 Å². The Balaban J connectivity index is 1.90. The number of anilines is 1. The fraction of sp³-hybridized carbons (Fsp3) is 0.286. The van der Waals surface area contributed by atoms with Crippen LogP contribution in [0.25, 0.3) is 0 Å². The van der Waals surface area contributed by atoms with Gasteiger partial charge in [-0.1, -0.05) is 29.8 Å². The van der Waals surface area contributed by atoms with Crippen LogP contribution in [-0.2, 0) is 6.42 Å². The molecule has 0 saturated heterocycles. The summed E-state index contributed by atoms with van der Waals surface area (Å²) in [6.45, 7) is 4.95. The molecular weight excluding hydrogens is 210 g/mol. The molecule has 3 heteroatoms. The number of rotatable bonds is 4. The van der Waals surface area contributed by atoms with Crippen molar-refractivity contribution in [3.63, 3.8) is 0 Å². The Morgan fingerprint density at radius 3 is 2.71 bits per heavy atom. The van der Waals surface area contributed by atoms with E-state index < -0.39 is 0 Å². The predicted octanol–water partition coefficient (Wildman–Crippen LogP) is 2.75. The Kier molecular flexibility index (Phi) is 3.70. The highest BCUT2D eigenvalue weighted by atomic mass is 15.0. The molecule has 2 rings (SSSR count). The second-order valence-electron chi connectivity index (χ2n) is 4.16. The lowest BCUT2D eigenvalue weighted by molar-refractivity contribution is 0.985. The topological polar surface area (TPSA) is 37.8 Å². The number of hydrogen-bond acceptors (Lipinski definition) is 3. The number of aromatic nitrogens is 2. The van der Waals surface area contributed by atoms with Gasteiger partial charge in [0.05, 0.1) is 5.69 Å². The van der Waals surface area contributed by atoms with E-state index in [-0.39, 0.29) is 0 Å². The van der Waals surface area contributed by atoms with Crippen molar-refractivity contribution in [1.82, 2.24) is 9.97 Å². The minimum Gasteiger partial charge on any atom is -0.368 e. The summed E-state index contributed by atoms with van der Waals surface area (Å²) in [6.07, 6.45) is 4.42. The van der Waals surface area contributed by atoms with Gasteiger partial charge in [0.2, 0.25) is 0 Å². The molecule has 0 aliphatic heterocycles. The van der Waals surface area contributed by atoms with Gasteiger partial charge in [-0.3, -0.25) is 4.98 Å². The zero-order valence-electron chi connectivity index (χ0n) is 10.3. The lowest BCUT2D eigenvalue weighted by Crippen LogP contribution is -2.08. The molecule has 2 aromatic rings. The zero-order chi connectivity index (χ0) is 12.1. The summed E-state index contributed by atoms with van der Waals surface area (Å²) < 4.78 is 0. The summed E-state index contributed by atoms with van der Waals surface area (Å²) in [5.41, 5.74) is 3.59. The second kappa shape index (κ2) is 5.43. The van der Waals surface area contributed by atoms with Crippen LogP contribution in [0.5, 0.6) is 0 Å². The third-order valence-corrected chi connectivity index (χ3v) is 2.67. The fourth-order valence-corrected chi connectivity index (χ4v) is 1.77. The Labute approximate surface area is 102 Å². The first-order valence-corrected chi connectivity index (χ1v) is 5.83. The normalized spacial score (nSPS) is 10.2. The quantitative estimate of drug-likeness (QED) is 0.872. The fourth-order valence-electron chi connectivity index (χ4n) is 1.77. The van der Waals surface area contributed by atoms with Crippen LogP contribution in [0.1, 0.15) is 16.8 Å². The highest BCUT2D eigenvalue weighted by Gasteiger charge is 1.99. The van der Waals surface area contributed by atoms with E-state index in [0.717, 1.165) is 24.5 Å². The molecule has 0 spiro atoms. The van der Waals surface area contributed by atoms with Gasteiger partial charge in [0.25, 0.3) is 0 Å². The van der Waals surface area contributed by atoms with Crippen LogP contribution in [0.3, 0.4) is 0 Å². The van der Waals surface area contributed by atoms with Crippen LogP contribution >= 0.6 is 0 Å². The lowest BCUT2D eigenvalue weighted by Gasteiger charge is -2.07. The molecule has 3 nitrogen and oxygen atoms in total. The standard InChI is InChI=1S/C14H17N3/c1-11-4-3-5-13(10-11)6-7-16-14-12(2)15-8-9-17-14/h3-5,8-10H,6-7H2,1-2H3,(H,16,17). The second-order valence-corrected chi connectivity index (χ2v) is 4.16. The average Bonchev–Trinajstić information content (AvgIpc) is 2.32. The van der Waals surface area contributed by atoms with E-state index in [1.54, 1.807) is 12.4 Å². The third kappa shape index (κ3) is 3.28. The van der Waals surface area contributed by atoms with Crippen molar-refractivity contribution in [2.45, 2.75) is 20.3 Å². The van der Waals surface area contributed by atoms with Crippen LogP contribution < -0.4 is 5.32 Å². The zero-order valence-corrected chi connectivity index (χ0v) is 10.3. The van der Waals surface area contributed by atoms with Gasteiger partial charge >= 0.3 is 0 Å². The number of nitrogens with one attached hydrogen (secondary N) is 1. The summed E-state index contributed by atoms with van der Waals surface area (Å²) in [5.74, 6) is 0.875. The van der Waals surface area contributed by atoms with Crippen LogP contribution in [0, 0.1) is 13.8 Å². The van der Waals surface area contributed by atoms with Crippen molar-refractivity contribution in [3.8, 4) is 0 Å². The maximum Gasteiger partial charge on any atom is 0.147 e. The van der Waals surface area contributed by atoms with E-state index in [4.69, 9.17) is 0 Å². The molecular formula is C14H17N3. The van der Waals surface area contributed by atoms with Gasteiger partial charge in [0.1, 0.15) is 5.82 Å². The molecule has 17 heavy (non-hydrogen) atoms. The largest absolute Gasteiger partial charge is 0.368 e. The Morgan fingerprint density at radius 2 is 1.94 bits per heavy atom. The molecule has 0 bridgehead atoms. The Hall–Kier alpha value is -1.90. The molecule has 0 atom stereocenters. The van der Waals surface area contributed by atoms with E-state index in [2.05, 4.69) is 46.5 Å². The summed E-state index contributed by atoms with van der Waals surface area (Å²) in [5, 5.41) is 3.31. The molecule has 0 aliphatic carbocycles. The Bertz CT molecular complexity index is 494. The van der Waals surface area contributed by atoms with Crippen molar-refractivity contribution >= 4 is 5.82 Å². The summed E-state index contributed by atoms with van der Waals surface area (Å²) in [6, 6.07) is 8.57. The highest BCUT2D eigenvalue weighted by Crippen LogP contribution is 2.08. The first kappa shape index (κ1) is 11.6. The molecule has 1 aromatic heterocycles. The molecule has 0 unspecified atom stereocenters. The van der Waals surface area contributed by atoms with Crippen molar-refractivity contribution in [2.75, 3.05) is 11.9 Å². The lowest BCUT2D eigenvalue weighted by atomic mass is 10.1. The highest BCUT2D eigenvalue weighted by molar-refractivity contribution is 5.38. The van der Waals surface area contributed by atoms with Gasteiger partial charge in [-0.2, -0.15) is 0 Å². The van der Waals surface area contributed by atoms with Crippen molar-refractivity contribution in [1.29, 1.82) is 0 Å². The molecule has 0 saturated carbocycles. The summed E-state index contributed by atoms with van der Waals surface area (Å²) in [4.78, 5) is 8.45. The first-order valence-electron chi connectivity index (χ1n) is 5.83. The number of benzene rings is 1. The molecule has 1 aromatic carbocycles. The molecule has 1 N–H and O–H groups in total. The number of hydrogen-bond donors (Lipinski definition) is 1.